The minimum Gasteiger partial charge on any atom is -0.245 e. The van der Waals surface area contributed by atoms with Crippen LogP contribution in [0.5, 0.6) is 0 Å². The highest BCUT2D eigenvalue weighted by Gasteiger charge is 2.36. The third-order valence-corrected chi connectivity index (χ3v) is 3.70. The van der Waals surface area contributed by atoms with Crippen LogP contribution in [0.15, 0.2) is 27.4 Å². The highest BCUT2D eigenvalue weighted by molar-refractivity contribution is 6.32. The molecule has 1 atom stereocenters. The Hall–Kier alpha value is -1.31. The van der Waals surface area contributed by atoms with Crippen molar-refractivity contribution < 1.29 is 0 Å². The van der Waals surface area contributed by atoms with Crippen LogP contribution in [0.2, 0.25) is 0 Å². The quantitative estimate of drug-likeness (QED) is 0.736. The molecule has 18 heavy (non-hydrogen) atoms. The topological polar surface area (TPSA) is 42.6 Å². The lowest BCUT2D eigenvalue weighted by molar-refractivity contribution is 0.106. The zero-order valence-electron chi connectivity index (χ0n) is 10.9. The van der Waals surface area contributed by atoms with E-state index in [9.17, 15) is 5.26 Å². The third kappa shape index (κ3) is 2.05. The minimum atomic E-state index is 0.0102. The molecule has 2 heterocycles. The molecule has 0 bridgehead atoms. The summed E-state index contributed by atoms with van der Waals surface area (Å²) in [5, 5.41) is 13.7. The first-order chi connectivity index (χ1) is 8.60. The maximum atomic E-state index is 9.23. The Labute approximate surface area is 113 Å². The molecule has 0 saturated heterocycles. The average molecular weight is 265 g/mol. The van der Waals surface area contributed by atoms with Gasteiger partial charge in [0.15, 0.2) is 5.84 Å². The molecule has 0 fully saturated rings. The van der Waals surface area contributed by atoms with Crippen LogP contribution >= 0.6 is 11.6 Å². The Morgan fingerprint density at radius 1 is 1.56 bits per heavy atom. The average Bonchev–Trinajstić information content (AvgIpc) is 2.66. The molecule has 0 aromatic carbocycles. The normalized spacial score (nSPS) is 23.7. The molecule has 2 aliphatic rings. The molecule has 0 aliphatic carbocycles. The van der Waals surface area contributed by atoms with Crippen LogP contribution in [0, 0.1) is 11.3 Å². The maximum absolute atomic E-state index is 9.23. The van der Waals surface area contributed by atoms with Crippen LogP contribution in [0.3, 0.4) is 0 Å². The number of nitriles is 1. The van der Waals surface area contributed by atoms with Crippen LogP contribution in [0.4, 0.5) is 0 Å². The van der Waals surface area contributed by atoms with E-state index in [0.717, 1.165) is 24.8 Å². The van der Waals surface area contributed by atoms with E-state index in [-0.39, 0.29) is 6.17 Å². The molecular formula is C13H17ClN4. The molecule has 0 spiro atoms. The van der Waals surface area contributed by atoms with Crippen molar-refractivity contribution in [2.45, 2.75) is 39.3 Å². The van der Waals surface area contributed by atoms with Crippen molar-refractivity contribution in [1.82, 2.24) is 10.0 Å². The fraction of sp³-hybridized carbons (Fsp3) is 0.538. The fourth-order valence-electron chi connectivity index (χ4n) is 2.11. The van der Waals surface area contributed by atoms with Crippen LogP contribution in [-0.4, -0.2) is 29.1 Å². The summed E-state index contributed by atoms with van der Waals surface area (Å²) in [4.78, 5) is 4.47. The number of fused-ring (bicyclic) bond motifs is 1. The van der Waals surface area contributed by atoms with E-state index in [1.54, 1.807) is 0 Å². The van der Waals surface area contributed by atoms with Crippen molar-refractivity contribution in [2.24, 2.45) is 4.99 Å². The molecular weight excluding hydrogens is 248 g/mol. The summed E-state index contributed by atoms with van der Waals surface area (Å²) < 4.78 is 0. The molecule has 0 amide bonds. The standard InChI is InChI=1S/C13H17ClN4/c1-4-5-6-10-7-11(8-15)13-16-9(2)17(3)18(13)12(10)14/h7,9H,4-6H2,1-3H3. The number of hydrazine groups is 1. The number of rotatable bonds is 3. The smallest absolute Gasteiger partial charge is 0.163 e. The van der Waals surface area contributed by atoms with E-state index in [4.69, 9.17) is 11.6 Å². The second-order valence-electron chi connectivity index (χ2n) is 4.56. The highest BCUT2D eigenvalue weighted by Crippen LogP contribution is 2.33. The Morgan fingerprint density at radius 3 is 2.89 bits per heavy atom. The number of halogens is 1. The first-order valence-electron chi connectivity index (χ1n) is 6.21. The van der Waals surface area contributed by atoms with E-state index in [1.807, 2.05) is 30.1 Å². The van der Waals surface area contributed by atoms with Gasteiger partial charge in [-0.1, -0.05) is 24.9 Å². The van der Waals surface area contributed by atoms with Crippen molar-refractivity contribution in [3.05, 3.63) is 22.4 Å². The monoisotopic (exact) mass is 264 g/mol. The number of amidine groups is 1. The first-order valence-corrected chi connectivity index (χ1v) is 6.59. The number of nitrogens with zero attached hydrogens (tertiary/aromatic N) is 4. The molecule has 0 saturated carbocycles. The molecule has 0 radical (unpaired) electrons. The van der Waals surface area contributed by atoms with Crippen molar-refractivity contribution in [3.63, 3.8) is 0 Å². The van der Waals surface area contributed by atoms with Crippen LogP contribution in [0.25, 0.3) is 0 Å². The van der Waals surface area contributed by atoms with Crippen molar-refractivity contribution in [3.8, 4) is 6.07 Å². The highest BCUT2D eigenvalue weighted by atomic mass is 35.5. The van der Waals surface area contributed by atoms with Gasteiger partial charge in [-0.15, -0.1) is 0 Å². The van der Waals surface area contributed by atoms with Gasteiger partial charge >= 0.3 is 0 Å². The van der Waals surface area contributed by atoms with Gasteiger partial charge in [0.25, 0.3) is 0 Å². The second-order valence-corrected chi connectivity index (χ2v) is 4.92. The second kappa shape index (κ2) is 5.13. The number of aliphatic imine (C=N–C) groups is 1. The number of unbranched alkanes of at least 4 members (excludes halogenated alkanes) is 1. The first kappa shape index (κ1) is 13.1. The zero-order chi connectivity index (χ0) is 13.3. The number of hydrogen-bond donors (Lipinski definition) is 0. The molecule has 1 unspecified atom stereocenters. The lowest BCUT2D eigenvalue weighted by Crippen LogP contribution is -2.41. The number of allylic oxidation sites excluding steroid dienone is 2. The van der Waals surface area contributed by atoms with E-state index in [0.29, 0.717) is 16.6 Å². The van der Waals surface area contributed by atoms with E-state index in [2.05, 4.69) is 18.0 Å². The van der Waals surface area contributed by atoms with Crippen molar-refractivity contribution in [2.75, 3.05) is 7.05 Å². The van der Waals surface area contributed by atoms with Gasteiger partial charge in [0, 0.05) is 7.05 Å². The van der Waals surface area contributed by atoms with Crippen molar-refractivity contribution in [1.29, 1.82) is 5.26 Å². The number of hydrogen-bond acceptors (Lipinski definition) is 4. The van der Waals surface area contributed by atoms with Gasteiger partial charge < -0.3 is 0 Å². The summed E-state index contributed by atoms with van der Waals surface area (Å²) in [5.41, 5.74) is 1.62. The van der Waals surface area contributed by atoms with Gasteiger partial charge in [-0.05, 0) is 31.4 Å². The van der Waals surface area contributed by atoms with E-state index < -0.39 is 0 Å². The van der Waals surface area contributed by atoms with Crippen LogP contribution in [0.1, 0.15) is 33.1 Å². The fourth-order valence-corrected chi connectivity index (χ4v) is 2.45. The van der Waals surface area contributed by atoms with E-state index in [1.165, 1.54) is 0 Å². The molecule has 5 heteroatoms. The lowest BCUT2D eigenvalue weighted by Gasteiger charge is -2.31. The van der Waals surface area contributed by atoms with E-state index >= 15 is 0 Å². The Bertz CT molecular complexity index is 484. The summed E-state index contributed by atoms with van der Waals surface area (Å²) >= 11 is 6.43. The largest absolute Gasteiger partial charge is 0.245 e. The SMILES string of the molecule is CCCCC1=C(Cl)N2C(=NC(C)N2C)C(C#N)=C1. The maximum Gasteiger partial charge on any atom is 0.163 e. The molecule has 0 N–H and O–H groups in total. The molecule has 2 aliphatic heterocycles. The van der Waals surface area contributed by atoms with Gasteiger partial charge in [0.2, 0.25) is 0 Å². The predicted molar refractivity (Wildman–Crippen MR) is 72.6 cm³/mol. The summed E-state index contributed by atoms with van der Waals surface area (Å²) in [7, 11) is 1.93. The third-order valence-electron chi connectivity index (χ3n) is 3.30. The minimum absolute atomic E-state index is 0.0102. The summed E-state index contributed by atoms with van der Waals surface area (Å²) in [6.07, 6.45) is 4.96. The predicted octanol–water partition coefficient (Wildman–Crippen LogP) is 3.00. The molecule has 4 nitrogen and oxygen atoms in total. The zero-order valence-corrected chi connectivity index (χ0v) is 11.7. The molecule has 0 aromatic rings. The van der Waals surface area contributed by atoms with Crippen LogP contribution in [-0.2, 0) is 0 Å². The molecule has 2 rings (SSSR count). The van der Waals surface area contributed by atoms with Crippen molar-refractivity contribution >= 4 is 17.4 Å². The van der Waals surface area contributed by atoms with Gasteiger partial charge in [-0.2, -0.15) is 10.3 Å². The molecule has 96 valence electrons. The lowest BCUT2D eigenvalue weighted by atomic mass is 10.0. The summed E-state index contributed by atoms with van der Waals surface area (Å²) in [6.45, 7) is 4.12. The molecule has 0 aromatic heterocycles. The summed E-state index contributed by atoms with van der Waals surface area (Å²) in [5.74, 6) is 0.665. The Morgan fingerprint density at radius 2 is 2.28 bits per heavy atom. The van der Waals surface area contributed by atoms with Gasteiger partial charge in [0.1, 0.15) is 17.4 Å². The Balaban J connectivity index is 2.40. The Kier molecular flexibility index (Phi) is 3.74. The van der Waals surface area contributed by atoms with Gasteiger partial charge in [-0.3, -0.25) is 0 Å². The van der Waals surface area contributed by atoms with Gasteiger partial charge in [-0.25, -0.2) is 10.0 Å². The van der Waals surface area contributed by atoms with Gasteiger partial charge in [0.05, 0.1) is 5.57 Å². The summed E-state index contributed by atoms with van der Waals surface area (Å²) in [6, 6.07) is 2.21. The van der Waals surface area contributed by atoms with Crippen LogP contribution < -0.4 is 0 Å².